The minimum atomic E-state index is -0.490. The van der Waals surface area contributed by atoms with Gasteiger partial charge in [-0.1, -0.05) is 50.1 Å². The number of rotatable bonds is 4. The van der Waals surface area contributed by atoms with Crippen LogP contribution in [0.1, 0.15) is 32.3 Å². The summed E-state index contributed by atoms with van der Waals surface area (Å²) in [7, 11) is 0. The summed E-state index contributed by atoms with van der Waals surface area (Å²) in [4.78, 5) is 0. The smallest absolute Gasteiger partial charge is 0.170 e. The van der Waals surface area contributed by atoms with E-state index in [1.807, 2.05) is 18.2 Å². The molecule has 18 heavy (non-hydrogen) atoms. The summed E-state index contributed by atoms with van der Waals surface area (Å²) in [5.74, 6) is 2.22. The predicted octanol–water partition coefficient (Wildman–Crippen LogP) is 3.16. The highest BCUT2D eigenvalue weighted by Gasteiger charge is 2.44. The van der Waals surface area contributed by atoms with Gasteiger partial charge in [-0.25, -0.2) is 0 Å². The first-order valence-corrected chi connectivity index (χ1v) is 6.58. The molecule has 0 aromatic heterocycles. The first-order valence-electron chi connectivity index (χ1n) is 6.58. The first kappa shape index (κ1) is 13.1. The SMILES string of the molecule is C#C[C@@H]1OC(CC)(CC)O[C@H]1Cc1ccccc1. The zero-order valence-electron chi connectivity index (χ0n) is 11.1. The van der Waals surface area contributed by atoms with Crippen molar-refractivity contribution < 1.29 is 9.47 Å². The van der Waals surface area contributed by atoms with Crippen LogP contribution in [0, 0.1) is 12.3 Å². The molecule has 0 bridgehead atoms. The number of hydrogen-bond donors (Lipinski definition) is 0. The molecule has 0 spiro atoms. The maximum Gasteiger partial charge on any atom is 0.170 e. The Balaban J connectivity index is 2.11. The van der Waals surface area contributed by atoms with Crippen molar-refractivity contribution in [3.8, 4) is 12.3 Å². The quantitative estimate of drug-likeness (QED) is 0.757. The second-order valence-corrected chi connectivity index (χ2v) is 4.67. The number of terminal acetylenes is 1. The minimum Gasteiger partial charge on any atom is -0.343 e. The third-order valence-electron chi connectivity index (χ3n) is 3.57. The third-order valence-corrected chi connectivity index (χ3v) is 3.57. The van der Waals surface area contributed by atoms with E-state index in [0.717, 1.165) is 19.3 Å². The predicted molar refractivity (Wildman–Crippen MR) is 72.0 cm³/mol. The van der Waals surface area contributed by atoms with Crippen LogP contribution in [0.15, 0.2) is 30.3 Å². The van der Waals surface area contributed by atoms with Crippen molar-refractivity contribution in [2.75, 3.05) is 0 Å². The average Bonchev–Trinajstić information content (AvgIpc) is 2.79. The molecule has 0 amide bonds. The summed E-state index contributed by atoms with van der Waals surface area (Å²) in [5.41, 5.74) is 1.23. The van der Waals surface area contributed by atoms with E-state index >= 15 is 0 Å². The maximum absolute atomic E-state index is 6.09. The average molecular weight is 244 g/mol. The van der Waals surface area contributed by atoms with Gasteiger partial charge in [-0.15, -0.1) is 6.42 Å². The van der Waals surface area contributed by atoms with Crippen LogP contribution in [0.3, 0.4) is 0 Å². The van der Waals surface area contributed by atoms with Crippen LogP contribution in [-0.4, -0.2) is 18.0 Å². The zero-order valence-corrected chi connectivity index (χ0v) is 11.1. The van der Waals surface area contributed by atoms with Gasteiger partial charge in [0.2, 0.25) is 0 Å². The molecule has 1 aliphatic rings. The molecule has 96 valence electrons. The van der Waals surface area contributed by atoms with Gasteiger partial charge in [0.25, 0.3) is 0 Å². The van der Waals surface area contributed by atoms with Gasteiger partial charge in [-0.3, -0.25) is 0 Å². The van der Waals surface area contributed by atoms with Gasteiger partial charge in [0.15, 0.2) is 5.79 Å². The molecule has 0 N–H and O–H groups in total. The van der Waals surface area contributed by atoms with E-state index in [9.17, 15) is 0 Å². The first-order chi connectivity index (χ1) is 8.73. The summed E-state index contributed by atoms with van der Waals surface area (Å²) < 4.78 is 12.0. The Labute approximate surface area is 109 Å². The van der Waals surface area contributed by atoms with Crippen LogP contribution in [0.5, 0.6) is 0 Å². The second kappa shape index (κ2) is 5.56. The van der Waals surface area contributed by atoms with Gasteiger partial charge in [0.05, 0.1) is 0 Å². The molecule has 2 atom stereocenters. The van der Waals surface area contributed by atoms with E-state index in [1.54, 1.807) is 0 Å². The highest BCUT2D eigenvalue weighted by molar-refractivity contribution is 5.18. The minimum absolute atomic E-state index is 0.0442. The summed E-state index contributed by atoms with van der Waals surface area (Å²) in [6.45, 7) is 4.14. The number of hydrogen-bond acceptors (Lipinski definition) is 2. The van der Waals surface area contributed by atoms with Gasteiger partial charge in [0, 0.05) is 6.42 Å². The molecule has 2 heteroatoms. The van der Waals surface area contributed by atoms with E-state index in [0.29, 0.717) is 0 Å². The molecule has 0 aliphatic carbocycles. The molecule has 1 aromatic carbocycles. The lowest BCUT2D eigenvalue weighted by atomic mass is 10.0. The molecule has 1 heterocycles. The Morgan fingerprint density at radius 1 is 1.17 bits per heavy atom. The molecule has 1 fully saturated rings. The topological polar surface area (TPSA) is 18.5 Å². The molecule has 1 aromatic rings. The zero-order chi connectivity index (χ0) is 13.0. The molecular formula is C16H20O2. The lowest BCUT2D eigenvalue weighted by Crippen LogP contribution is -2.29. The van der Waals surface area contributed by atoms with Crippen molar-refractivity contribution in [1.82, 2.24) is 0 Å². The normalized spacial score (nSPS) is 25.8. The van der Waals surface area contributed by atoms with E-state index in [2.05, 4.69) is 31.9 Å². The molecule has 2 rings (SSSR count). The fourth-order valence-electron chi connectivity index (χ4n) is 2.39. The largest absolute Gasteiger partial charge is 0.343 e. The molecule has 0 unspecified atom stereocenters. The molecule has 1 aliphatic heterocycles. The lowest BCUT2D eigenvalue weighted by Gasteiger charge is -2.24. The van der Waals surface area contributed by atoms with Crippen molar-refractivity contribution in [3.05, 3.63) is 35.9 Å². The van der Waals surface area contributed by atoms with Crippen molar-refractivity contribution in [2.24, 2.45) is 0 Å². The van der Waals surface area contributed by atoms with Crippen LogP contribution in [0.25, 0.3) is 0 Å². The Hall–Kier alpha value is -1.30. The van der Waals surface area contributed by atoms with Crippen LogP contribution in [-0.2, 0) is 15.9 Å². The van der Waals surface area contributed by atoms with E-state index < -0.39 is 5.79 Å². The van der Waals surface area contributed by atoms with Crippen molar-refractivity contribution in [2.45, 2.75) is 51.1 Å². The Morgan fingerprint density at radius 3 is 2.39 bits per heavy atom. The van der Waals surface area contributed by atoms with E-state index in [4.69, 9.17) is 15.9 Å². The molecule has 2 nitrogen and oxygen atoms in total. The summed E-state index contributed by atoms with van der Waals surface area (Å²) >= 11 is 0. The summed E-state index contributed by atoms with van der Waals surface area (Å²) in [6, 6.07) is 10.3. The monoisotopic (exact) mass is 244 g/mol. The van der Waals surface area contributed by atoms with Gasteiger partial charge < -0.3 is 9.47 Å². The van der Waals surface area contributed by atoms with Crippen molar-refractivity contribution >= 4 is 0 Å². The fourth-order valence-corrected chi connectivity index (χ4v) is 2.39. The molecular weight excluding hydrogens is 224 g/mol. The van der Waals surface area contributed by atoms with Crippen LogP contribution >= 0.6 is 0 Å². The molecule has 0 radical (unpaired) electrons. The number of ether oxygens (including phenoxy) is 2. The maximum atomic E-state index is 6.09. The van der Waals surface area contributed by atoms with Crippen LogP contribution in [0.4, 0.5) is 0 Å². The van der Waals surface area contributed by atoms with E-state index in [1.165, 1.54) is 5.56 Å². The lowest BCUT2D eigenvalue weighted by molar-refractivity contribution is -0.175. The summed E-state index contributed by atoms with van der Waals surface area (Å²) in [6.07, 6.45) is 7.72. The molecule has 0 saturated carbocycles. The Morgan fingerprint density at radius 2 is 1.83 bits per heavy atom. The van der Waals surface area contributed by atoms with Gasteiger partial charge in [0.1, 0.15) is 12.2 Å². The highest BCUT2D eigenvalue weighted by atomic mass is 16.8. The Kier molecular flexibility index (Phi) is 4.06. The highest BCUT2D eigenvalue weighted by Crippen LogP contribution is 2.35. The summed E-state index contributed by atoms with van der Waals surface area (Å²) in [5, 5.41) is 0. The van der Waals surface area contributed by atoms with Crippen molar-refractivity contribution in [1.29, 1.82) is 0 Å². The van der Waals surface area contributed by atoms with Gasteiger partial charge in [-0.2, -0.15) is 0 Å². The Bertz CT molecular complexity index is 414. The van der Waals surface area contributed by atoms with Crippen LogP contribution < -0.4 is 0 Å². The van der Waals surface area contributed by atoms with Gasteiger partial charge >= 0.3 is 0 Å². The molecule has 1 saturated heterocycles. The fraction of sp³-hybridized carbons (Fsp3) is 0.500. The second-order valence-electron chi connectivity index (χ2n) is 4.67. The van der Waals surface area contributed by atoms with Crippen LogP contribution in [0.2, 0.25) is 0 Å². The van der Waals surface area contributed by atoms with Crippen molar-refractivity contribution in [3.63, 3.8) is 0 Å². The van der Waals surface area contributed by atoms with Gasteiger partial charge in [-0.05, 0) is 18.4 Å². The third kappa shape index (κ3) is 2.58. The number of benzene rings is 1. The van der Waals surface area contributed by atoms with E-state index in [-0.39, 0.29) is 12.2 Å². The standard InChI is InChI=1S/C16H20O2/c1-4-14-15(12-13-10-8-7-9-11-13)18-16(5-2,6-3)17-14/h1,7-11,14-15H,5-6,12H2,2-3H3/t14-,15-/m0/s1.